The standard InChI is InChI=1S/C18H20N6O5S/c1-28-7-3-6-23-16(25)14(20-18(23)30)9-12-4-5-15(29-2)13(8-12)10-22-11-19-17(21-22)24(26)27/h4-5,8-9,11H,3,6-7,10H2,1-2H3,(H,20,30). The predicted molar refractivity (Wildman–Crippen MR) is 111 cm³/mol. The van der Waals surface area contributed by atoms with E-state index in [-0.39, 0.29) is 12.5 Å². The molecule has 0 atom stereocenters. The Labute approximate surface area is 177 Å². The Kier molecular flexibility index (Phi) is 6.69. The predicted octanol–water partition coefficient (Wildman–Crippen LogP) is 1.34. The number of thiocarbonyl (C=S) groups is 1. The smallest absolute Gasteiger partial charge is 0.490 e. The Morgan fingerprint density at radius 1 is 1.37 bits per heavy atom. The number of carbonyl (C=O) groups is 1. The molecule has 0 spiro atoms. The summed E-state index contributed by atoms with van der Waals surface area (Å²) in [6.45, 7) is 1.21. The minimum atomic E-state index is -0.659. The topological polar surface area (TPSA) is 125 Å². The van der Waals surface area contributed by atoms with E-state index in [1.54, 1.807) is 25.3 Å². The lowest BCUT2D eigenvalue weighted by atomic mass is 10.1. The summed E-state index contributed by atoms with van der Waals surface area (Å²) in [5.74, 6) is -0.104. The maximum atomic E-state index is 12.6. The number of amides is 1. The second-order valence-corrected chi connectivity index (χ2v) is 6.75. The summed E-state index contributed by atoms with van der Waals surface area (Å²) in [6.07, 6.45) is 3.65. The minimum absolute atomic E-state index is 0.208. The molecule has 12 heteroatoms. The highest BCUT2D eigenvalue weighted by Crippen LogP contribution is 2.23. The number of rotatable bonds is 9. The molecule has 158 valence electrons. The van der Waals surface area contributed by atoms with Crippen molar-refractivity contribution in [2.75, 3.05) is 27.4 Å². The molecule has 1 aliphatic rings. The van der Waals surface area contributed by atoms with Crippen molar-refractivity contribution in [2.45, 2.75) is 13.0 Å². The molecule has 0 saturated carbocycles. The van der Waals surface area contributed by atoms with Crippen LogP contribution >= 0.6 is 12.2 Å². The number of nitro groups is 1. The fourth-order valence-corrected chi connectivity index (χ4v) is 3.22. The number of aromatic nitrogens is 3. The highest BCUT2D eigenvalue weighted by Gasteiger charge is 2.30. The quantitative estimate of drug-likeness (QED) is 0.205. The summed E-state index contributed by atoms with van der Waals surface area (Å²) < 4.78 is 11.7. The average Bonchev–Trinajstić information content (AvgIpc) is 3.28. The molecule has 11 nitrogen and oxygen atoms in total. The third kappa shape index (κ3) is 4.78. The van der Waals surface area contributed by atoms with Crippen molar-refractivity contribution in [3.63, 3.8) is 0 Å². The van der Waals surface area contributed by atoms with Crippen molar-refractivity contribution < 1.29 is 19.2 Å². The van der Waals surface area contributed by atoms with Crippen LogP contribution in [0.5, 0.6) is 5.75 Å². The van der Waals surface area contributed by atoms with Gasteiger partial charge in [0.05, 0.1) is 13.7 Å². The molecule has 1 aromatic heterocycles. The zero-order valence-corrected chi connectivity index (χ0v) is 17.2. The molecule has 1 N–H and O–H groups in total. The molecule has 30 heavy (non-hydrogen) atoms. The van der Waals surface area contributed by atoms with Crippen LogP contribution in [0.4, 0.5) is 5.95 Å². The van der Waals surface area contributed by atoms with Crippen molar-refractivity contribution in [3.05, 3.63) is 51.5 Å². The molecule has 1 fully saturated rings. The van der Waals surface area contributed by atoms with Crippen LogP contribution in [0.25, 0.3) is 6.08 Å². The van der Waals surface area contributed by atoms with E-state index in [1.165, 1.54) is 23.0 Å². The number of methoxy groups -OCH3 is 2. The lowest BCUT2D eigenvalue weighted by Gasteiger charge is -2.13. The van der Waals surface area contributed by atoms with Crippen LogP contribution in [0, 0.1) is 10.1 Å². The normalized spacial score (nSPS) is 15.0. The van der Waals surface area contributed by atoms with Gasteiger partial charge in [0.15, 0.2) is 5.11 Å². The third-order valence-electron chi connectivity index (χ3n) is 4.33. The SMILES string of the molecule is COCCCN1C(=O)C(=Cc2ccc(OC)c(Cn3cnc([N+](=O)[O-])n3)c2)NC1=S. The molecule has 2 heterocycles. The largest absolute Gasteiger partial charge is 0.496 e. The molecule has 3 rings (SSSR count). The Balaban J connectivity index is 1.81. The lowest BCUT2D eigenvalue weighted by molar-refractivity contribution is -0.394. The van der Waals surface area contributed by atoms with E-state index in [0.717, 1.165) is 11.1 Å². The van der Waals surface area contributed by atoms with Gasteiger partial charge >= 0.3 is 5.95 Å². The summed E-state index contributed by atoms with van der Waals surface area (Å²) in [6, 6.07) is 5.36. The number of hydrogen-bond donors (Lipinski definition) is 1. The molecule has 2 aromatic rings. The Bertz CT molecular complexity index is 1000. The van der Waals surface area contributed by atoms with E-state index in [4.69, 9.17) is 21.7 Å². The van der Waals surface area contributed by atoms with Gasteiger partial charge in [-0.05, 0) is 47.3 Å². The molecule has 1 aliphatic heterocycles. The van der Waals surface area contributed by atoms with Crippen LogP contribution in [0.3, 0.4) is 0 Å². The summed E-state index contributed by atoms with van der Waals surface area (Å²) in [5.41, 5.74) is 1.82. The molecule has 0 unspecified atom stereocenters. The Morgan fingerprint density at radius 3 is 2.83 bits per heavy atom. The van der Waals surface area contributed by atoms with Gasteiger partial charge in [-0.3, -0.25) is 9.69 Å². The average molecular weight is 432 g/mol. The van der Waals surface area contributed by atoms with Gasteiger partial charge in [-0.2, -0.15) is 4.68 Å². The first-order chi connectivity index (χ1) is 14.4. The summed E-state index contributed by atoms with van der Waals surface area (Å²) in [7, 11) is 3.13. The third-order valence-corrected chi connectivity index (χ3v) is 4.65. The van der Waals surface area contributed by atoms with Gasteiger partial charge in [-0.25, -0.2) is 0 Å². The second kappa shape index (κ2) is 9.41. The molecular weight excluding hydrogens is 412 g/mol. The van der Waals surface area contributed by atoms with Gasteiger partial charge < -0.3 is 24.9 Å². The van der Waals surface area contributed by atoms with Gasteiger partial charge in [-0.1, -0.05) is 11.1 Å². The van der Waals surface area contributed by atoms with Crippen molar-refractivity contribution in [1.82, 2.24) is 25.0 Å². The van der Waals surface area contributed by atoms with Gasteiger partial charge in [0.1, 0.15) is 11.4 Å². The Hall–Kier alpha value is -3.38. The molecule has 1 amide bonds. The number of nitrogens with zero attached hydrogens (tertiary/aromatic N) is 5. The first kappa shape index (κ1) is 21.3. The van der Waals surface area contributed by atoms with E-state index in [2.05, 4.69) is 15.4 Å². The first-order valence-corrected chi connectivity index (χ1v) is 9.38. The van der Waals surface area contributed by atoms with E-state index < -0.39 is 10.9 Å². The monoisotopic (exact) mass is 432 g/mol. The molecule has 0 bridgehead atoms. The molecule has 0 aliphatic carbocycles. The molecule has 0 radical (unpaired) electrons. The first-order valence-electron chi connectivity index (χ1n) is 8.97. The van der Waals surface area contributed by atoms with Gasteiger partial charge in [-0.15, -0.1) is 0 Å². The van der Waals surface area contributed by atoms with Gasteiger partial charge in [0, 0.05) is 30.9 Å². The fraction of sp³-hybridized carbons (Fsp3) is 0.333. The summed E-state index contributed by atoms with van der Waals surface area (Å²) in [4.78, 5) is 27.9. The zero-order chi connectivity index (χ0) is 21.7. The van der Waals surface area contributed by atoms with E-state index in [1.807, 2.05) is 6.07 Å². The highest BCUT2D eigenvalue weighted by atomic mass is 32.1. The minimum Gasteiger partial charge on any atom is -0.496 e. The Morgan fingerprint density at radius 2 is 2.17 bits per heavy atom. The van der Waals surface area contributed by atoms with Crippen LogP contribution in [-0.4, -0.2) is 63.0 Å². The number of nitrogens with one attached hydrogen (secondary N) is 1. The van der Waals surface area contributed by atoms with Crippen LogP contribution in [0.15, 0.2) is 30.2 Å². The molecule has 1 saturated heterocycles. The van der Waals surface area contributed by atoms with Crippen molar-refractivity contribution in [1.29, 1.82) is 0 Å². The highest BCUT2D eigenvalue weighted by molar-refractivity contribution is 7.80. The number of carbonyl (C=O) groups excluding carboxylic acids is 1. The van der Waals surface area contributed by atoms with Crippen molar-refractivity contribution in [2.24, 2.45) is 0 Å². The maximum Gasteiger partial charge on any atom is 0.490 e. The number of benzene rings is 1. The summed E-state index contributed by atoms with van der Waals surface area (Å²) >= 11 is 5.25. The van der Waals surface area contributed by atoms with Crippen molar-refractivity contribution in [3.8, 4) is 5.75 Å². The van der Waals surface area contributed by atoms with Crippen LogP contribution in [-0.2, 0) is 16.1 Å². The van der Waals surface area contributed by atoms with Gasteiger partial charge in [0.2, 0.25) is 6.33 Å². The number of hydrogen-bond acceptors (Lipinski definition) is 8. The lowest BCUT2D eigenvalue weighted by Crippen LogP contribution is -2.32. The van der Waals surface area contributed by atoms with Crippen LogP contribution < -0.4 is 10.1 Å². The fourth-order valence-electron chi connectivity index (χ4n) is 2.94. The zero-order valence-electron chi connectivity index (χ0n) is 16.4. The van der Waals surface area contributed by atoms with Gasteiger partial charge in [0.25, 0.3) is 5.91 Å². The van der Waals surface area contributed by atoms with Crippen LogP contribution in [0.2, 0.25) is 0 Å². The van der Waals surface area contributed by atoms with Crippen LogP contribution in [0.1, 0.15) is 17.5 Å². The summed E-state index contributed by atoms with van der Waals surface area (Å²) in [5, 5.41) is 17.9. The molecule has 1 aromatic carbocycles. The number of ether oxygens (including phenoxy) is 2. The van der Waals surface area contributed by atoms with E-state index >= 15 is 0 Å². The second-order valence-electron chi connectivity index (χ2n) is 6.36. The van der Waals surface area contributed by atoms with E-state index in [9.17, 15) is 14.9 Å². The van der Waals surface area contributed by atoms with Crippen molar-refractivity contribution >= 4 is 35.3 Å². The molecular formula is C18H20N6O5S. The maximum absolute atomic E-state index is 12.6. The van der Waals surface area contributed by atoms with E-state index in [0.29, 0.717) is 36.1 Å².